The van der Waals surface area contributed by atoms with E-state index >= 15 is 0 Å². The van der Waals surface area contributed by atoms with Gasteiger partial charge in [0, 0.05) is 21.7 Å². The summed E-state index contributed by atoms with van der Waals surface area (Å²) in [5, 5.41) is 10.9. The minimum absolute atomic E-state index is 0.117. The molecule has 0 saturated heterocycles. The molecule has 2 rings (SSSR count). The Kier molecular flexibility index (Phi) is 5.49. The highest BCUT2D eigenvalue weighted by Crippen LogP contribution is 2.37. The van der Waals surface area contributed by atoms with E-state index in [9.17, 15) is 9.50 Å². The predicted octanol–water partition coefficient (Wildman–Crippen LogP) is 5.38. The standard InChI is InChI=1S/C15H12BrCl2FO2/c1-2-21-14-7-11(17)9(6-12(14)18)15(20)10-5-8(16)3-4-13(10)19/h3-7,15,20H,2H2,1H3. The fraction of sp³-hybridized carbons (Fsp3) is 0.200. The van der Waals surface area contributed by atoms with Crippen LogP contribution in [0.4, 0.5) is 4.39 Å². The van der Waals surface area contributed by atoms with Crippen LogP contribution in [-0.2, 0) is 0 Å². The molecule has 2 aromatic carbocycles. The fourth-order valence-electron chi connectivity index (χ4n) is 1.91. The van der Waals surface area contributed by atoms with Gasteiger partial charge in [0.15, 0.2) is 0 Å². The van der Waals surface area contributed by atoms with Gasteiger partial charge in [0.2, 0.25) is 0 Å². The van der Waals surface area contributed by atoms with Crippen molar-refractivity contribution in [2.24, 2.45) is 0 Å². The Morgan fingerprint density at radius 2 is 1.90 bits per heavy atom. The van der Waals surface area contributed by atoms with Crippen molar-refractivity contribution >= 4 is 39.1 Å². The average Bonchev–Trinajstić information content (AvgIpc) is 2.44. The Hall–Kier alpha value is -0.810. The lowest BCUT2D eigenvalue weighted by atomic mass is 10.0. The van der Waals surface area contributed by atoms with Gasteiger partial charge in [-0.15, -0.1) is 0 Å². The van der Waals surface area contributed by atoms with Gasteiger partial charge in [-0.1, -0.05) is 39.1 Å². The number of halogens is 4. The molecule has 0 fully saturated rings. The first-order valence-corrected chi connectivity index (χ1v) is 7.73. The van der Waals surface area contributed by atoms with Crippen LogP contribution >= 0.6 is 39.1 Å². The number of aliphatic hydroxyl groups excluding tert-OH is 1. The molecule has 1 atom stereocenters. The monoisotopic (exact) mass is 392 g/mol. The van der Waals surface area contributed by atoms with Crippen LogP contribution in [0.1, 0.15) is 24.2 Å². The molecule has 21 heavy (non-hydrogen) atoms. The lowest BCUT2D eigenvalue weighted by molar-refractivity contribution is 0.215. The van der Waals surface area contributed by atoms with Gasteiger partial charge in [-0.3, -0.25) is 0 Å². The number of rotatable bonds is 4. The Morgan fingerprint density at radius 1 is 1.19 bits per heavy atom. The number of benzene rings is 2. The summed E-state index contributed by atoms with van der Waals surface area (Å²) in [6, 6.07) is 7.33. The van der Waals surface area contributed by atoms with Crippen LogP contribution < -0.4 is 4.74 Å². The van der Waals surface area contributed by atoms with Gasteiger partial charge >= 0.3 is 0 Å². The average molecular weight is 394 g/mol. The zero-order valence-electron chi connectivity index (χ0n) is 11.0. The maximum absolute atomic E-state index is 13.9. The Bertz CT molecular complexity index is 664. The van der Waals surface area contributed by atoms with Gasteiger partial charge in [-0.05, 0) is 31.2 Å². The Labute approximate surface area is 140 Å². The third kappa shape index (κ3) is 3.69. The SMILES string of the molecule is CCOc1cc(Cl)c(C(O)c2cc(Br)ccc2F)cc1Cl. The third-order valence-corrected chi connectivity index (χ3v) is 4.01. The van der Waals surface area contributed by atoms with E-state index in [1.54, 1.807) is 6.07 Å². The van der Waals surface area contributed by atoms with Gasteiger partial charge in [0.1, 0.15) is 17.7 Å². The predicted molar refractivity (Wildman–Crippen MR) is 85.8 cm³/mol. The van der Waals surface area contributed by atoms with Crippen molar-refractivity contribution < 1.29 is 14.2 Å². The third-order valence-electron chi connectivity index (χ3n) is 2.90. The van der Waals surface area contributed by atoms with Crippen molar-refractivity contribution in [1.82, 2.24) is 0 Å². The first-order chi connectivity index (χ1) is 9.93. The summed E-state index contributed by atoms with van der Waals surface area (Å²) in [6.07, 6.45) is -1.22. The molecule has 112 valence electrons. The molecule has 2 nitrogen and oxygen atoms in total. The van der Waals surface area contributed by atoms with Gasteiger partial charge in [-0.2, -0.15) is 0 Å². The van der Waals surface area contributed by atoms with E-state index in [1.807, 2.05) is 6.92 Å². The smallest absolute Gasteiger partial charge is 0.139 e. The van der Waals surface area contributed by atoms with Crippen LogP contribution in [0.5, 0.6) is 5.75 Å². The van der Waals surface area contributed by atoms with Crippen LogP contribution in [0, 0.1) is 5.82 Å². The maximum atomic E-state index is 13.9. The van der Waals surface area contributed by atoms with E-state index < -0.39 is 11.9 Å². The van der Waals surface area contributed by atoms with E-state index in [4.69, 9.17) is 27.9 Å². The molecule has 2 aromatic rings. The van der Waals surface area contributed by atoms with Crippen molar-refractivity contribution in [1.29, 1.82) is 0 Å². The first kappa shape index (κ1) is 16.6. The van der Waals surface area contributed by atoms with Crippen LogP contribution in [0.15, 0.2) is 34.8 Å². The summed E-state index contributed by atoms with van der Waals surface area (Å²) in [5.74, 6) is -0.0957. The summed E-state index contributed by atoms with van der Waals surface area (Å²) in [6.45, 7) is 2.27. The van der Waals surface area contributed by atoms with Crippen molar-refractivity contribution in [3.05, 3.63) is 61.8 Å². The van der Waals surface area contributed by atoms with E-state index in [2.05, 4.69) is 15.9 Å². The molecule has 0 spiro atoms. The highest BCUT2D eigenvalue weighted by Gasteiger charge is 2.20. The highest BCUT2D eigenvalue weighted by molar-refractivity contribution is 9.10. The summed E-state index contributed by atoms with van der Waals surface area (Å²) in [5.41, 5.74) is 0.439. The van der Waals surface area contributed by atoms with E-state index in [-0.39, 0.29) is 10.6 Å². The van der Waals surface area contributed by atoms with Gasteiger partial charge in [-0.25, -0.2) is 4.39 Å². The first-order valence-electron chi connectivity index (χ1n) is 6.18. The van der Waals surface area contributed by atoms with Crippen LogP contribution in [0.2, 0.25) is 10.0 Å². The Balaban J connectivity index is 2.46. The molecule has 0 aromatic heterocycles. The summed E-state index contributed by atoms with van der Waals surface area (Å²) in [4.78, 5) is 0. The normalized spacial score (nSPS) is 12.3. The molecule has 0 radical (unpaired) electrons. The molecule has 0 heterocycles. The van der Waals surface area contributed by atoms with Crippen molar-refractivity contribution in [3.63, 3.8) is 0 Å². The molecule has 1 unspecified atom stereocenters. The molecule has 0 bridgehead atoms. The zero-order valence-corrected chi connectivity index (χ0v) is 14.1. The van der Waals surface area contributed by atoms with Crippen LogP contribution in [-0.4, -0.2) is 11.7 Å². The molecule has 0 aliphatic heterocycles. The molecular weight excluding hydrogens is 382 g/mol. The zero-order chi connectivity index (χ0) is 15.6. The number of hydrogen-bond acceptors (Lipinski definition) is 2. The maximum Gasteiger partial charge on any atom is 0.139 e. The largest absolute Gasteiger partial charge is 0.492 e. The highest BCUT2D eigenvalue weighted by atomic mass is 79.9. The molecule has 6 heteroatoms. The Morgan fingerprint density at radius 3 is 2.57 bits per heavy atom. The number of ether oxygens (including phenoxy) is 1. The van der Waals surface area contributed by atoms with Crippen molar-refractivity contribution in [2.45, 2.75) is 13.0 Å². The van der Waals surface area contributed by atoms with Crippen molar-refractivity contribution in [2.75, 3.05) is 6.61 Å². The summed E-state index contributed by atoms with van der Waals surface area (Å²) >= 11 is 15.5. The van der Waals surface area contributed by atoms with E-state index in [0.717, 1.165) is 0 Å². The van der Waals surface area contributed by atoms with E-state index in [1.165, 1.54) is 24.3 Å². The quantitative estimate of drug-likeness (QED) is 0.755. The van der Waals surface area contributed by atoms with Crippen LogP contribution in [0.25, 0.3) is 0 Å². The van der Waals surface area contributed by atoms with Crippen molar-refractivity contribution in [3.8, 4) is 5.75 Å². The molecule has 0 aliphatic carbocycles. The number of aliphatic hydroxyl groups is 1. The molecule has 0 amide bonds. The second-order valence-electron chi connectivity index (χ2n) is 4.31. The summed E-state index contributed by atoms with van der Waals surface area (Å²) < 4.78 is 19.8. The second-order valence-corrected chi connectivity index (χ2v) is 6.04. The van der Waals surface area contributed by atoms with Gasteiger partial charge in [0.05, 0.1) is 16.7 Å². The fourth-order valence-corrected chi connectivity index (χ4v) is 2.77. The second kappa shape index (κ2) is 6.97. The lowest BCUT2D eigenvalue weighted by Gasteiger charge is -2.16. The molecule has 1 N–H and O–H groups in total. The van der Waals surface area contributed by atoms with Gasteiger partial charge < -0.3 is 9.84 Å². The van der Waals surface area contributed by atoms with Gasteiger partial charge in [0.25, 0.3) is 0 Å². The summed E-state index contributed by atoms with van der Waals surface area (Å²) in [7, 11) is 0. The van der Waals surface area contributed by atoms with E-state index in [0.29, 0.717) is 27.4 Å². The topological polar surface area (TPSA) is 29.5 Å². The lowest BCUT2D eigenvalue weighted by Crippen LogP contribution is -2.04. The minimum atomic E-state index is -1.22. The minimum Gasteiger partial charge on any atom is -0.492 e. The molecule has 0 aliphatic rings. The molecular formula is C15H12BrCl2FO2. The van der Waals surface area contributed by atoms with Crippen LogP contribution in [0.3, 0.4) is 0 Å². The molecule has 0 saturated carbocycles. The number of hydrogen-bond donors (Lipinski definition) is 1.